The van der Waals surface area contributed by atoms with Gasteiger partial charge in [0.2, 0.25) is 0 Å². The molecule has 4 aromatic rings. The topological polar surface area (TPSA) is 105 Å². The highest BCUT2D eigenvalue weighted by atomic mass is 32.2. The Morgan fingerprint density at radius 3 is 2.53 bits per heavy atom. The third-order valence-electron chi connectivity index (χ3n) is 5.42. The van der Waals surface area contributed by atoms with Crippen LogP contribution in [0.4, 0.5) is 11.4 Å². The number of nitrogens with one attached hydrogen (secondary N) is 1. The molecule has 8 nitrogen and oxygen atoms in total. The fraction of sp³-hybridized carbons (Fsp3) is 0. The highest BCUT2D eigenvalue weighted by Gasteiger charge is 2.34. The predicted molar refractivity (Wildman–Crippen MR) is 142 cm³/mol. The molecule has 0 saturated carbocycles. The molecule has 2 amide bonds. The summed E-state index contributed by atoms with van der Waals surface area (Å²) in [7, 11) is 0. The Labute approximate surface area is 214 Å². The number of carbonyl (C=O) groups is 2. The molecule has 0 bridgehead atoms. The third-order valence-corrected chi connectivity index (χ3v) is 6.82. The number of benzene rings is 3. The van der Waals surface area contributed by atoms with Crippen molar-refractivity contribution in [2.45, 2.75) is 9.79 Å². The summed E-state index contributed by atoms with van der Waals surface area (Å²) in [4.78, 5) is 44.0. The van der Waals surface area contributed by atoms with Crippen molar-refractivity contribution in [3.63, 3.8) is 0 Å². The molecule has 10 heteroatoms. The zero-order valence-corrected chi connectivity index (χ0v) is 20.1. The van der Waals surface area contributed by atoms with E-state index in [0.717, 1.165) is 15.8 Å². The van der Waals surface area contributed by atoms with Crippen LogP contribution in [-0.4, -0.2) is 26.8 Å². The number of nitro benzene ring substituents is 1. The molecular formula is C26H16N4O4S2. The molecule has 176 valence electrons. The first-order valence-electron chi connectivity index (χ1n) is 10.7. The number of nitro groups is 1. The molecule has 0 radical (unpaired) electrons. The first-order valence-corrected chi connectivity index (χ1v) is 11.9. The van der Waals surface area contributed by atoms with Gasteiger partial charge in [-0.3, -0.25) is 34.9 Å². The first-order chi connectivity index (χ1) is 17.4. The van der Waals surface area contributed by atoms with Gasteiger partial charge in [0, 0.05) is 22.5 Å². The van der Waals surface area contributed by atoms with Crippen molar-refractivity contribution in [1.82, 2.24) is 10.3 Å². The van der Waals surface area contributed by atoms with Crippen LogP contribution in [0.15, 0.2) is 100 Å². The fourth-order valence-corrected chi connectivity index (χ4v) is 5.07. The monoisotopic (exact) mass is 512 g/mol. The second kappa shape index (κ2) is 9.68. The molecule has 36 heavy (non-hydrogen) atoms. The minimum atomic E-state index is -0.667. The fourth-order valence-electron chi connectivity index (χ4n) is 3.77. The van der Waals surface area contributed by atoms with Gasteiger partial charge in [-0.05, 0) is 54.2 Å². The molecule has 2 heterocycles. The highest BCUT2D eigenvalue weighted by molar-refractivity contribution is 7.99. The Morgan fingerprint density at radius 2 is 1.75 bits per heavy atom. The number of carbonyl (C=O) groups excluding carboxylic acids is 2. The molecule has 1 N–H and O–H groups in total. The minimum Gasteiger partial charge on any atom is -0.298 e. The summed E-state index contributed by atoms with van der Waals surface area (Å²) in [5.74, 6) is -1.28. The van der Waals surface area contributed by atoms with Crippen LogP contribution in [0.1, 0.15) is 5.56 Å². The van der Waals surface area contributed by atoms with Crippen molar-refractivity contribution < 1.29 is 14.5 Å². The number of thiocarbonyl (C=S) groups is 1. The summed E-state index contributed by atoms with van der Waals surface area (Å²) >= 11 is 6.43. The largest absolute Gasteiger partial charge is 0.298 e. The maximum Gasteiger partial charge on any atom is 0.283 e. The molecule has 5 rings (SSSR count). The van der Waals surface area contributed by atoms with Crippen molar-refractivity contribution in [1.29, 1.82) is 0 Å². The van der Waals surface area contributed by atoms with Crippen LogP contribution >= 0.6 is 24.0 Å². The minimum absolute atomic E-state index is 0.0326. The summed E-state index contributed by atoms with van der Waals surface area (Å²) < 4.78 is 0. The molecular weight excluding hydrogens is 496 g/mol. The van der Waals surface area contributed by atoms with E-state index < -0.39 is 16.7 Å². The smallest absolute Gasteiger partial charge is 0.283 e. The molecule has 0 unspecified atom stereocenters. The van der Waals surface area contributed by atoms with Gasteiger partial charge in [-0.1, -0.05) is 54.2 Å². The van der Waals surface area contributed by atoms with E-state index in [1.807, 2.05) is 30.3 Å². The molecule has 0 atom stereocenters. The number of hydrogen-bond donors (Lipinski definition) is 1. The zero-order valence-electron chi connectivity index (χ0n) is 18.5. The summed E-state index contributed by atoms with van der Waals surface area (Å²) in [6.45, 7) is 0. The van der Waals surface area contributed by atoms with Crippen LogP contribution in [0, 0.1) is 10.1 Å². The van der Waals surface area contributed by atoms with Gasteiger partial charge in [-0.15, -0.1) is 0 Å². The van der Waals surface area contributed by atoms with Crippen LogP contribution < -0.4 is 10.2 Å². The number of para-hydroxylation sites is 2. The number of nitrogens with zero attached hydrogens (tertiary/aromatic N) is 3. The average molecular weight is 513 g/mol. The van der Waals surface area contributed by atoms with Crippen LogP contribution in [0.25, 0.3) is 17.0 Å². The van der Waals surface area contributed by atoms with E-state index in [1.165, 1.54) is 28.8 Å². The van der Waals surface area contributed by atoms with E-state index in [4.69, 9.17) is 12.2 Å². The van der Waals surface area contributed by atoms with Crippen molar-refractivity contribution in [2.24, 2.45) is 0 Å². The molecule has 1 aromatic heterocycles. The van der Waals surface area contributed by atoms with Crippen molar-refractivity contribution in [3.8, 4) is 0 Å². The van der Waals surface area contributed by atoms with E-state index in [2.05, 4.69) is 10.3 Å². The second-order valence-electron chi connectivity index (χ2n) is 7.71. The predicted octanol–water partition coefficient (Wildman–Crippen LogP) is 5.13. The standard InChI is InChI=1S/C26H16N4O4S2/c31-24-19(25(32)29(26(35)28-24)18-8-2-1-3-9-18)14-16-11-12-21(20(15-16)30(33)34)36-22-10-4-6-17-7-5-13-27-23(17)22/h1-15H,(H,28,31,35)/b19-14+. The van der Waals surface area contributed by atoms with Gasteiger partial charge in [-0.25, -0.2) is 0 Å². The van der Waals surface area contributed by atoms with Crippen LogP contribution in [0.3, 0.4) is 0 Å². The van der Waals surface area contributed by atoms with Gasteiger partial charge < -0.3 is 0 Å². The molecule has 1 fully saturated rings. The summed E-state index contributed by atoms with van der Waals surface area (Å²) in [6, 6.07) is 22.6. The zero-order chi connectivity index (χ0) is 25.2. The SMILES string of the molecule is O=C1NC(=S)N(c2ccccc2)C(=O)/C1=C/c1ccc(Sc2cccc3cccnc23)c([N+](=O)[O-])c1. The Kier molecular flexibility index (Phi) is 6.28. The number of hydrogen-bond acceptors (Lipinski definition) is 7. The number of fused-ring (bicyclic) bond motifs is 1. The Balaban J connectivity index is 1.51. The number of anilines is 1. The van der Waals surface area contributed by atoms with Gasteiger partial charge in [0.05, 0.1) is 21.0 Å². The molecule has 3 aromatic carbocycles. The van der Waals surface area contributed by atoms with Crippen molar-refractivity contribution in [3.05, 3.63) is 106 Å². The van der Waals surface area contributed by atoms with Gasteiger partial charge in [0.15, 0.2) is 5.11 Å². The third kappa shape index (κ3) is 4.47. The number of aromatic nitrogens is 1. The lowest BCUT2D eigenvalue weighted by atomic mass is 10.1. The number of amides is 2. The average Bonchev–Trinajstić information content (AvgIpc) is 2.88. The van der Waals surface area contributed by atoms with E-state index in [0.29, 0.717) is 16.1 Å². The number of rotatable bonds is 5. The molecule has 1 aliphatic heterocycles. The molecule has 0 spiro atoms. The van der Waals surface area contributed by atoms with Crippen LogP contribution in [0.2, 0.25) is 0 Å². The summed E-state index contributed by atoms with van der Waals surface area (Å²) in [5.41, 5.74) is 1.25. The van der Waals surface area contributed by atoms with E-state index in [9.17, 15) is 19.7 Å². The number of pyridine rings is 1. The Bertz CT molecular complexity index is 1580. The molecule has 1 saturated heterocycles. The lowest BCUT2D eigenvalue weighted by Gasteiger charge is -2.28. The Hall–Kier alpha value is -4.41. The molecule has 0 aliphatic carbocycles. The normalized spacial score (nSPS) is 14.8. The van der Waals surface area contributed by atoms with E-state index >= 15 is 0 Å². The summed E-state index contributed by atoms with van der Waals surface area (Å²) in [5, 5.41) is 15.3. The van der Waals surface area contributed by atoms with Gasteiger partial charge >= 0.3 is 0 Å². The van der Waals surface area contributed by atoms with Gasteiger partial charge in [-0.2, -0.15) is 0 Å². The maximum absolute atomic E-state index is 13.2. The van der Waals surface area contributed by atoms with E-state index in [1.54, 1.807) is 48.7 Å². The highest BCUT2D eigenvalue weighted by Crippen LogP contribution is 2.38. The van der Waals surface area contributed by atoms with Crippen molar-refractivity contribution in [2.75, 3.05) is 4.90 Å². The van der Waals surface area contributed by atoms with Crippen LogP contribution in [-0.2, 0) is 9.59 Å². The lowest BCUT2D eigenvalue weighted by molar-refractivity contribution is -0.387. The maximum atomic E-state index is 13.2. The van der Waals surface area contributed by atoms with Gasteiger partial charge in [0.1, 0.15) is 5.57 Å². The van der Waals surface area contributed by atoms with Crippen LogP contribution in [0.5, 0.6) is 0 Å². The first kappa shape index (κ1) is 23.3. The quantitative estimate of drug-likeness (QED) is 0.130. The Morgan fingerprint density at radius 1 is 0.972 bits per heavy atom. The van der Waals surface area contributed by atoms with Gasteiger partial charge in [0.25, 0.3) is 17.5 Å². The lowest BCUT2D eigenvalue weighted by Crippen LogP contribution is -2.54. The van der Waals surface area contributed by atoms with Crippen molar-refractivity contribution >= 4 is 69.3 Å². The summed E-state index contributed by atoms with van der Waals surface area (Å²) in [6.07, 6.45) is 3.00. The molecule has 1 aliphatic rings. The van der Waals surface area contributed by atoms with E-state index in [-0.39, 0.29) is 16.4 Å². The second-order valence-corrected chi connectivity index (χ2v) is 9.18.